The summed E-state index contributed by atoms with van der Waals surface area (Å²) >= 11 is 5.33. The van der Waals surface area contributed by atoms with E-state index in [1.54, 1.807) is 18.0 Å². The van der Waals surface area contributed by atoms with E-state index in [0.29, 0.717) is 13.3 Å². The van der Waals surface area contributed by atoms with Gasteiger partial charge in [-0.25, -0.2) is 14.8 Å². The molecule has 3 aromatic rings. The molecule has 2 aromatic heterocycles. The van der Waals surface area contributed by atoms with Crippen LogP contribution in [-0.4, -0.2) is 46.7 Å². The maximum atomic E-state index is 11.3. The second-order valence-electron chi connectivity index (χ2n) is 9.97. The predicted molar refractivity (Wildman–Crippen MR) is 143 cm³/mol. The lowest BCUT2D eigenvalue weighted by molar-refractivity contribution is 0.0908. The van der Waals surface area contributed by atoms with Crippen LogP contribution in [0.2, 0.25) is 25.7 Å². The van der Waals surface area contributed by atoms with Crippen molar-refractivity contribution in [1.82, 2.24) is 19.9 Å². The number of hydrogen-bond donors (Lipinski definition) is 2. The third-order valence-corrected chi connectivity index (χ3v) is 9.43. The third-order valence-electron chi connectivity index (χ3n) is 6.36. The Hall–Kier alpha value is -1.88. The number of nitrogens with zero attached hydrogens (tertiary/aromatic N) is 3. The minimum Gasteiger partial charge on any atom is -0.465 e. The van der Waals surface area contributed by atoms with Gasteiger partial charge in [0.2, 0.25) is 0 Å². The molecule has 1 fully saturated rings. The summed E-state index contributed by atoms with van der Waals surface area (Å²) in [7, 11) is -1.19. The number of hydrogen-bond acceptors (Lipinski definition) is 5. The minimum absolute atomic E-state index is 0.390. The molecule has 2 heterocycles. The fraction of sp³-hybridized carbons (Fsp3) is 0.458. The molecule has 0 atom stereocenters. The number of aromatic nitrogens is 3. The molecule has 7 nitrogen and oxygen atoms in total. The van der Waals surface area contributed by atoms with Crippen molar-refractivity contribution in [3.63, 3.8) is 0 Å². The Morgan fingerprint density at radius 3 is 2.56 bits per heavy atom. The monoisotopic (exact) mass is 562 g/mol. The molecule has 1 amide bonds. The standard InChI is InChI=1S/C24H31BrN4O3SSi/c1-33-18-14-26-20-19(25)21(29(22(20)27-18)15-32-12-13-34(2,3)4)16-6-8-17(9-7-16)24(10-5-11-24)28-23(30)31/h6-9,14,28H,5,10-13,15H2,1-4H3,(H,30,31). The van der Waals surface area contributed by atoms with Crippen LogP contribution in [0.3, 0.4) is 0 Å². The average molecular weight is 564 g/mol. The molecule has 1 aliphatic rings. The van der Waals surface area contributed by atoms with Gasteiger partial charge in [0.05, 0.1) is 21.9 Å². The maximum Gasteiger partial charge on any atom is 0.405 e. The van der Waals surface area contributed by atoms with Gasteiger partial charge in [0.25, 0.3) is 0 Å². The maximum absolute atomic E-state index is 11.3. The number of halogens is 1. The highest BCUT2D eigenvalue weighted by atomic mass is 79.9. The lowest BCUT2D eigenvalue weighted by Gasteiger charge is -2.42. The van der Waals surface area contributed by atoms with Crippen molar-refractivity contribution in [2.45, 2.75) is 62.2 Å². The van der Waals surface area contributed by atoms with Gasteiger partial charge in [-0.2, -0.15) is 0 Å². The molecule has 10 heteroatoms. The van der Waals surface area contributed by atoms with Crippen molar-refractivity contribution < 1.29 is 14.6 Å². The fourth-order valence-corrected chi connectivity index (χ4v) is 6.07. The number of ether oxygens (including phenoxy) is 1. The van der Waals surface area contributed by atoms with E-state index in [2.05, 4.69) is 50.4 Å². The molecule has 4 rings (SSSR count). The average Bonchev–Trinajstić information content (AvgIpc) is 3.04. The first-order valence-corrected chi connectivity index (χ1v) is 17.1. The summed E-state index contributed by atoms with van der Waals surface area (Å²) < 4.78 is 9.09. The van der Waals surface area contributed by atoms with Crippen LogP contribution in [0.15, 0.2) is 40.0 Å². The molecule has 1 saturated carbocycles. The van der Waals surface area contributed by atoms with Gasteiger partial charge in [0.1, 0.15) is 17.3 Å². The molecule has 34 heavy (non-hydrogen) atoms. The molecule has 2 N–H and O–H groups in total. The van der Waals surface area contributed by atoms with Gasteiger partial charge < -0.3 is 15.2 Å². The Morgan fingerprint density at radius 1 is 1.29 bits per heavy atom. The molecule has 0 aliphatic heterocycles. The number of nitrogens with one attached hydrogen (secondary N) is 1. The van der Waals surface area contributed by atoms with Gasteiger partial charge in [-0.3, -0.25) is 4.57 Å². The van der Waals surface area contributed by atoms with Gasteiger partial charge in [-0.05, 0) is 58.6 Å². The Bertz CT molecular complexity index is 1190. The lowest BCUT2D eigenvalue weighted by atomic mass is 9.72. The first-order valence-electron chi connectivity index (χ1n) is 11.4. The molecule has 182 valence electrons. The van der Waals surface area contributed by atoms with Crippen LogP contribution < -0.4 is 5.32 Å². The molecule has 0 unspecified atom stereocenters. The van der Waals surface area contributed by atoms with Gasteiger partial charge in [-0.1, -0.05) is 43.9 Å². The molecule has 0 spiro atoms. The number of amides is 1. The second kappa shape index (κ2) is 10.0. The van der Waals surface area contributed by atoms with E-state index < -0.39 is 19.7 Å². The van der Waals surface area contributed by atoms with Crippen LogP contribution in [-0.2, 0) is 17.0 Å². The van der Waals surface area contributed by atoms with Gasteiger partial charge >= 0.3 is 6.09 Å². The first-order chi connectivity index (χ1) is 16.1. The smallest absolute Gasteiger partial charge is 0.405 e. The Balaban J connectivity index is 1.71. The van der Waals surface area contributed by atoms with Crippen LogP contribution in [0.4, 0.5) is 4.79 Å². The highest BCUT2D eigenvalue weighted by Crippen LogP contribution is 2.43. The number of rotatable bonds is 9. The summed E-state index contributed by atoms with van der Waals surface area (Å²) in [6.45, 7) is 8.13. The molecule has 0 bridgehead atoms. The summed E-state index contributed by atoms with van der Waals surface area (Å²) in [5, 5.41) is 12.9. The van der Waals surface area contributed by atoms with Crippen molar-refractivity contribution in [3.05, 3.63) is 40.5 Å². The summed E-state index contributed by atoms with van der Waals surface area (Å²) in [6.07, 6.45) is 5.45. The SMILES string of the molecule is CSc1cnc2c(Br)c(-c3ccc(C4(NC(=O)O)CCC4)cc3)n(COCC[Si](C)(C)C)c2n1. The molecule has 0 radical (unpaired) electrons. The largest absolute Gasteiger partial charge is 0.465 e. The number of carboxylic acid groups (broad SMARTS) is 1. The van der Waals surface area contributed by atoms with Crippen molar-refractivity contribution in [3.8, 4) is 11.3 Å². The Kier molecular flexibility index (Phi) is 7.42. The number of thioether (sulfide) groups is 1. The van der Waals surface area contributed by atoms with E-state index >= 15 is 0 Å². The summed E-state index contributed by atoms with van der Waals surface area (Å²) in [6, 6.07) is 9.24. The van der Waals surface area contributed by atoms with Crippen LogP contribution >= 0.6 is 27.7 Å². The number of fused-ring (bicyclic) bond motifs is 1. The molecular formula is C24H31BrN4O3SSi. The third kappa shape index (κ3) is 5.19. The zero-order chi connectivity index (χ0) is 24.5. The summed E-state index contributed by atoms with van der Waals surface area (Å²) in [5.74, 6) is 0. The Morgan fingerprint density at radius 2 is 2.00 bits per heavy atom. The topological polar surface area (TPSA) is 89.3 Å². The normalized spacial score (nSPS) is 15.3. The van der Waals surface area contributed by atoms with E-state index in [0.717, 1.165) is 62.8 Å². The zero-order valence-electron chi connectivity index (χ0n) is 20.0. The lowest BCUT2D eigenvalue weighted by Crippen LogP contribution is -2.50. The predicted octanol–water partition coefficient (Wildman–Crippen LogP) is 6.54. The number of carbonyl (C=O) groups is 1. The highest BCUT2D eigenvalue weighted by molar-refractivity contribution is 9.10. The van der Waals surface area contributed by atoms with Crippen molar-refractivity contribution in [2.75, 3.05) is 12.9 Å². The van der Waals surface area contributed by atoms with Gasteiger partial charge in [0.15, 0.2) is 5.65 Å². The van der Waals surface area contributed by atoms with Crippen LogP contribution in [0, 0.1) is 0 Å². The number of benzene rings is 1. The summed E-state index contributed by atoms with van der Waals surface area (Å²) in [4.78, 5) is 20.8. The van der Waals surface area contributed by atoms with E-state index in [-0.39, 0.29) is 0 Å². The van der Waals surface area contributed by atoms with Crippen molar-refractivity contribution in [2.24, 2.45) is 0 Å². The zero-order valence-corrected chi connectivity index (χ0v) is 23.4. The van der Waals surface area contributed by atoms with E-state index in [4.69, 9.17) is 9.72 Å². The molecule has 1 aromatic carbocycles. The van der Waals surface area contributed by atoms with Crippen LogP contribution in [0.5, 0.6) is 0 Å². The first kappa shape index (κ1) is 25.2. The van der Waals surface area contributed by atoms with Crippen molar-refractivity contribution in [1.29, 1.82) is 0 Å². The van der Waals surface area contributed by atoms with E-state index in [1.807, 2.05) is 30.5 Å². The summed E-state index contributed by atoms with van der Waals surface area (Å²) in [5.41, 5.74) is 4.06. The van der Waals surface area contributed by atoms with Gasteiger partial charge in [0, 0.05) is 14.7 Å². The molecule has 1 aliphatic carbocycles. The quantitative estimate of drug-likeness (QED) is 0.175. The minimum atomic E-state index is -1.19. The Labute approximate surface area is 213 Å². The van der Waals surface area contributed by atoms with Gasteiger partial charge in [-0.15, -0.1) is 11.8 Å². The highest BCUT2D eigenvalue weighted by Gasteiger charge is 2.40. The fourth-order valence-electron chi connectivity index (χ4n) is 4.25. The van der Waals surface area contributed by atoms with Crippen LogP contribution in [0.1, 0.15) is 24.8 Å². The molecular weight excluding hydrogens is 532 g/mol. The molecule has 0 saturated heterocycles. The second-order valence-corrected chi connectivity index (χ2v) is 17.2. The van der Waals surface area contributed by atoms with Crippen molar-refractivity contribution >= 4 is 53.0 Å². The van der Waals surface area contributed by atoms with E-state index in [9.17, 15) is 9.90 Å². The van der Waals surface area contributed by atoms with E-state index in [1.165, 1.54) is 0 Å². The van der Waals surface area contributed by atoms with Crippen LogP contribution in [0.25, 0.3) is 22.4 Å².